The van der Waals surface area contributed by atoms with Gasteiger partial charge in [0.1, 0.15) is 0 Å². The summed E-state index contributed by atoms with van der Waals surface area (Å²) in [6.45, 7) is 14.4. The lowest BCUT2D eigenvalue weighted by molar-refractivity contribution is 0.152. The lowest BCUT2D eigenvalue weighted by Gasteiger charge is -2.31. The number of aliphatic hydroxyl groups is 1. The second-order valence-corrected chi connectivity index (χ2v) is 5.47. The number of aliphatic hydroxyl groups excluding tert-OH is 1. The molecule has 0 heterocycles. The summed E-state index contributed by atoms with van der Waals surface area (Å²) in [6.07, 6.45) is 3.29. The van der Waals surface area contributed by atoms with Crippen molar-refractivity contribution in [2.75, 3.05) is 26.2 Å². The molecule has 0 fully saturated rings. The van der Waals surface area contributed by atoms with Gasteiger partial charge in [0.2, 0.25) is 0 Å². The minimum atomic E-state index is -0.105. The van der Waals surface area contributed by atoms with E-state index in [2.05, 4.69) is 44.8 Å². The SMILES string of the molecule is CCCNC(C)(CO)CCCN(CC)C(C)C. The number of nitrogens with zero attached hydrogens (tertiary/aromatic N) is 1. The summed E-state index contributed by atoms with van der Waals surface area (Å²) in [7, 11) is 0. The van der Waals surface area contributed by atoms with Crippen LogP contribution in [0.15, 0.2) is 0 Å². The molecule has 2 N–H and O–H groups in total. The molecule has 0 radical (unpaired) electrons. The first-order chi connectivity index (χ1) is 7.99. The van der Waals surface area contributed by atoms with Gasteiger partial charge in [-0.1, -0.05) is 13.8 Å². The van der Waals surface area contributed by atoms with Crippen molar-refractivity contribution in [1.82, 2.24) is 10.2 Å². The third kappa shape index (κ3) is 7.02. The van der Waals surface area contributed by atoms with Crippen molar-refractivity contribution in [1.29, 1.82) is 0 Å². The summed E-state index contributed by atoms with van der Waals surface area (Å²) < 4.78 is 0. The summed E-state index contributed by atoms with van der Waals surface area (Å²) in [4.78, 5) is 2.47. The highest BCUT2D eigenvalue weighted by atomic mass is 16.3. The van der Waals surface area contributed by atoms with Crippen LogP contribution in [0.5, 0.6) is 0 Å². The van der Waals surface area contributed by atoms with E-state index in [9.17, 15) is 5.11 Å². The third-order valence-corrected chi connectivity index (χ3v) is 3.46. The Kier molecular flexibility index (Phi) is 8.83. The van der Waals surface area contributed by atoms with E-state index in [0.29, 0.717) is 6.04 Å². The molecule has 0 spiro atoms. The number of hydrogen-bond donors (Lipinski definition) is 2. The summed E-state index contributed by atoms with van der Waals surface area (Å²) >= 11 is 0. The molecule has 0 saturated heterocycles. The van der Waals surface area contributed by atoms with Crippen LogP contribution in [-0.2, 0) is 0 Å². The quantitative estimate of drug-likeness (QED) is 0.619. The zero-order valence-electron chi connectivity index (χ0n) is 12.4. The van der Waals surface area contributed by atoms with Crippen LogP contribution in [0.3, 0.4) is 0 Å². The molecule has 0 aromatic rings. The van der Waals surface area contributed by atoms with Gasteiger partial charge in [-0.25, -0.2) is 0 Å². The van der Waals surface area contributed by atoms with Crippen molar-refractivity contribution in [2.24, 2.45) is 0 Å². The Labute approximate surface area is 108 Å². The van der Waals surface area contributed by atoms with E-state index < -0.39 is 0 Å². The van der Waals surface area contributed by atoms with E-state index in [4.69, 9.17) is 0 Å². The Morgan fingerprint density at radius 1 is 1.29 bits per heavy atom. The minimum Gasteiger partial charge on any atom is -0.394 e. The Morgan fingerprint density at radius 3 is 2.35 bits per heavy atom. The Bertz CT molecular complexity index is 185. The monoisotopic (exact) mass is 244 g/mol. The van der Waals surface area contributed by atoms with Gasteiger partial charge in [0.15, 0.2) is 0 Å². The summed E-state index contributed by atoms with van der Waals surface area (Å²) in [5.41, 5.74) is -0.105. The van der Waals surface area contributed by atoms with E-state index in [1.54, 1.807) is 0 Å². The average molecular weight is 244 g/mol. The number of rotatable bonds is 10. The zero-order valence-corrected chi connectivity index (χ0v) is 12.4. The van der Waals surface area contributed by atoms with Crippen LogP contribution in [0.1, 0.15) is 53.9 Å². The fraction of sp³-hybridized carbons (Fsp3) is 1.00. The maximum absolute atomic E-state index is 9.47. The van der Waals surface area contributed by atoms with E-state index in [-0.39, 0.29) is 12.1 Å². The molecule has 1 unspecified atom stereocenters. The Balaban J connectivity index is 3.97. The summed E-state index contributed by atoms with van der Waals surface area (Å²) in [6, 6.07) is 0.615. The Morgan fingerprint density at radius 2 is 1.94 bits per heavy atom. The van der Waals surface area contributed by atoms with Crippen LogP contribution in [-0.4, -0.2) is 47.8 Å². The molecular weight excluding hydrogens is 212 g/mol. The van der Waals surface area contributed by atoms with Crippen molar-refractivity contribution >= 4 is 0 Å². The van der Waals surface area contributed by atoms with Gasteiger partial charge in [-0.2, -0.15) is 0 Å². The van der Waals surface area contributed by atoms with E-state index in [1.165, 1.54) is 0 Å². The summed E-state index contributed by atoms with van der Waals surface area (Å²) in [5.74, 6) is 0. The lowest BCUT2D eigenvalue weighted by atomic mass is 9.96. The number of hydrogen-bond acceptors (Lipinski definition) is 3. The van der Waals surface area contributed by atoms with Crippen LogP contribution in [0.4, 0.5) is 0 Å². The molecule has 0 aliphatic carbocycles. The second-order valence-electron chi connectivity index (χ2n) is 5.47. The molecule has 104 valence electrons. The van der Waals surface area contributed by atoms with E-state index in [0.717, 1.165) is 38.9 Å². The second kappa shape index (κ2) is 8.90. The fourth-order valence-corrected chi connectivity index (χ4v) is 2.10. The molecule has 0 amide bonds. The lowest BCUT2D eigenvalue weighted by Crippen LogP contribution is -2.46. The van der Waals surface area contributed by atoms with Crippen LogP contribution in [0.25, 0.3) is 0 Å². The molecular formula is C14H32N2O. The Hall–Kier alpha value is -0.120. The highest BCUT2D eigenvalue weighted by Gasteiger charge is 2.21. The highest BCUT2D eigenvalue weighted by Crippen LogP contribution is 2.13. The van der Waals surface area contributed by atoms with Gasteiger partial charge in [0.05, 0.1) is 6.61 Å². The van der Waals surface area contributed by atoms with Crippen LogP contribution < -0.4 is 5.32 Å². The standard InChI is InChI=1S/C14H32N2O/c1-6-10-15-14(5,12-17)9-8-11-16(7-2)13(3)4/h13,15,17H,6-12H2,1-5H3. The maximum atomic E-state index is 9.47. The van der Waals surface area contributed by atoms with Gasteiger partial charge in [-0.15, -0.1) is 0 Å². The molecule has 1 atom stereocenters. The van der Waals surface area contributed by atoms with Crippen molar-refractivity contribution < 1.29 is 5.11 Å². The normalized spacial score (nSPS) is 15.5. The first-order valence-electron chi connectivity index (χ1n) is 7.09. The fourth-order valence-electron chi connectivity index (χ4n) is 2.10. The van der Waals surface area contributed by atoms with Crippen LogP contribution in [0.2, 0.25) is 0 Å². The predicted octanol–water partition coefficient (Wildman–Crippen LogP) is 2.25. The van der Waals surface area contributed by atoms with Gasteiger partial charge in [0.25, 0.3) is 0 Å². The van der Waals surface area contributed by atoms with Gasteiger partial charge in [-0.05, 0) is 59.7 Å². The zero-order chi connectivity index (χ0) is 13.3. The molecule has 0 aromatic heterocycles. The van der Waals surface area contributed by atoms with Gasteiger partial charge in [0, 0.05) is 11.6 Å². The van der Waals surface area contributed by atoms with Crippen molar-refractivity contribution in [2.45, 2.75) is 65.5 Å². The van der Waals surface area contributed by atoms with Crippen LogP contribution in [0, 0.1) is 0 Å². The molecule has 0 saturated carbocycles. The molecule has 0 aliphatic rings. The molecule has 0 rings (SSSR count). The van der Waals surface area contributed by atoms with Gasteiger partial charge >= 0.3 is 0 Å². The first kappa shape index (κ1) is 16.9. The largest absolute Gasteiger partial charge is 0.394 e. The number of nitrogens with one attached hydrogen (secondary N) is 1. The molecule has 0 aliphatic heterocycles. The smallest absolute Gasteiger partial charge is 0.0610 e. The highest BCUT2D eigenvalue weighted by molar-refractivity contribution is 4.82. The van der Waals surface area contributed by atoms with Gasteiger partial charge < -0.3 is 15.3 Å². The maximum Gasteiger partial charge on any atom is 0.0610 e. The molecule has 3 nitrogen and oxygen atoms in total. The van der Waals surface area contributed by atoms with Crippen molar-refractivity contribution in [3.63, 3.8) is 0 Å². The molecule has 0 bridgehead atoms. The van der Waals surface area contributed by atoms with E-state index in [1.807, 2.05) is 0 Å². The predicted molar refractivity (Wildman–Crippen MR) is 75.4 cm³/mol. The summed E-state index contributed by atoms with van der Waals surface area (Å²) in [5, 5.41) is 12.9. The van der Waals surface area contributed by atoms with Crippen LogP contribution >= 0.6 is 0 Å². The third-order valence-electron chi connectivity index (χ3n) is 3.46. The minimum absolute atomic E-state index is 0.105. The molecule has 3 heteroatoms. The van der Waals surface area contributed by atoms with Gasteiger partial charge in [-0.3, -0.25) is 0 Å². The molecule has 0 aromatic carbocycles. The van der Waals surface area contributed by atoms with Crippen molar-refractivity contribution in [3.8, 4) is 0 Å². The first-order valence-corrected chi connectivity index (χ1v) is 7.09. The molecule has 17 heavy (non-hydrogen) atoms. The van der Waals surface area contributed by atoms with E-state index >= 15 is 0 Å². The average Bonchev–Trinajstić information content (AvgIpc) is 2.31. The van der Waals surface area contributed by atoms with Crippen molar-refractivity contribution in [3.05, 3.63) is 0 Å². The topological polar surface area (TPSA) is 35.5 Å².